The lowest BCUT2D eigenvalue weighted by molar-refractivity contribution is 0.634. The molecule has 1 aromatic rings. The molecule has 0 aromatic heterocycles. The highest BCUT2D eigenvalue weighted by molar-refractivity contribution is 7.31. The predicted molar refractivity (Wildman–Crippen MR) is 55.4 cm³/mol. The van der Waals surface area contributed by atoms with Gasteiger partial charge >= 0.3 is 0 Å². The minimum Gasteiger partial charge on any atom is -0.477 e. The van der Waals surface area contributed by atoms with E-state index in [0.29, 0.717) is 14.7 Å². The summed E-state index contributed by atoms with van der Waals surface area (Å²) in [6, 6.07) is 8.32. The van der Waals surface area contributed by atoms with Gasteiger partial charge in [0.05, 0.1) is 8.81 Å². The second kappa shape index (κ2) is 4.47. The molecule has 0 bridgehead atoms. The van der Waals surface area contributed by atoms with Gasteiger partial charge in [-0.15, -0.1) is 0 Å². The highest BCUT2D eigenvalue weighted by atomic mass is 31.1. The molecule has 1 nitrogen and oxygen atoms in total. The van der Waals surface area contributed by atoms with Gasteiger partial charge in [-0.25, -0.2) is 0 Å². The van der Waals surface area contributed by atoms with Crippen LogP contribution >= 0.6 is 8.81 Å². The Balaban J connectivity index is 2.71. The molecule has 12 heavy (non-hydrogen) atoms. The van der Waals surface area contributed by atoms with E-state index in [1.165, 1.54) is 5.56 Å². The minimum atomic E-state index is 0.527. The van der Waals surface area contributed by atoms with Gasteiger partial charge in [0.25, 0.3) is 0 Å². The molecule has 1 aromatic carbocycles. The Morgan fingerprint density at radius 2 is 1.75 bits per heavy atom. The van der Waals surface area contributed by atoms with Gasteiger partial charge in [-0.05, 0) is 30.3 Å². The first-order valence-corrected chi connectivity index (χ1v) is 5.58. The molecule has 0 spiro atoms. The van der Waals surface area contributed by atoms with Crippen LogP contribution < -0.4 is 4.52 Å². The minimum absolute atomic E-state index is 0.527. The molecule has 0 saturated heterocycles. The molecule has 0 amide bonds. The fraction of sp³-hybridized carbons (Fsp3) is 0.400. The van der Waals surface area contributed by atoms with Crippen LogP contribution in [-0.4, -0.2) is 6.66 Å². The molecule has 2 heteroatoms. The van der Waals surface area contributed by atoms with E-state index in [0.717, 1.165) is 5.75 Å². The summed E-state index contributed by atoms with van der Waals surface area (Å²) >= 11 is 0. The fourth-order valence-corrected chi connectivity index (χ4v) is 1.41. The highest BCUT2D eigenvalue weighted by Gasteiger charge is 1.98. The molecule has 0 fully saturated rings. The first-order valence-electron chi connectivity index (χ1n) is 4.17. The monoisotopic (exact) mass is 182 g/mol. The summed E-state index contributed by atoms with van der Waals surface area (Å²) < 4.78 is 5.37. The number of benzene rings is 1. The molecule has 66 valence electrons. The van der Waals surface area contributed by atoms with Gasteiger partial charge in [-0.1, -0.05) is 26.0 Å². The Labute approximate surface area is 76.0 Å². The average molecular weight is 182 g/mol. The maximum Gasteiger partial charge on any atom is 0.122 e. The molecule has 0 aliphatic carbocycles. The Kier molecular flexibility index (Phi) is 3.55. The van der Waals surface area contributed by atoms with Gasteiger partial charge < -0.3 is 4.52 Å². The van der Waals surface area contributed by atoms with Crippen LogP contribution in [-0.2, 0) is 0 Å². The molecule has 0 N–H and O–H groups in total. The van der Waals surface area contributed by atoms with Gasteiger partial charge in [0.15, 0.2) is 0 Å². The predicted octanol–water partition coefficient (Wildman–Crippen LogP) is 3.41. The van der Waals surface area contributed by atoms with Crippen LogP contribution in [0.4, 0.5) is 0 Å². The summed E-state index contributed by atoms with van der Waals surface area (Å²) in [5.41, 5.74) is 1.36. The molecule has 0 saturated carbocycles. The Morgan fingerprint density at radius 1 is 1.17 bits per heavy atom. The van der Waals surface area contributed by atoms with Crippen LogP contribution in [0.1, 0.15) is 25.3 Å². The summed E-state index contributed by atoms with van der Waals surface area (Å²) in [5, 5.41) is 0. The highest BCUT2D eigenvalue weighted by Crippen LogP contribution is 2.21. The molecule has 1 atom stereocenters. The summed E-state index contributed by atoms with van der Waals surface area (Å²) in [4.78, 5) is 0. The van der Waals surface area contributed by atoms with Crippen molar-refractivity contribution in [1.29, 1.82) is 0 Å². The molecule has 0 heterocycles. The van der Waals surface area contributed by atoms with Gasteiger partial charge in [0, 0.05) is 0 Å². The third kappa shape index (κ3) is 2.49. The normalized spacial score (nSPS) is 11.3. The third-order valence-corrected chi connectivity index (χ3v) is 2.21. The SMILES string of the molecule is CPOc1ccc(C(C)C)cc1. The van der Waals surface area contributed by atoms with Crippen molar-refractivity contribution in [3.05, 3.63) is 29.8 Å². The molecule has 0 aliphatic heterocycles. The smallest absolute Gasteiger partial charge is 0.122 e. The van der Waals surface area contributed by atoms with E-state index in [-0.39, 0.29) is 0 Å². The van der Waals surface area contributed by atoms with E-state index in [2.05, 4.69) is 26.0 Å². The van der Waals surface area contributed by atoms with Crippen LogP contribution in [0.3, 0.4) is 0 Å². The molecule has 1 rings (SSSR count). The van der Waals surface area contributed by atoms with Gasteiger partial charge in [0.2, 0.25) is 0 Å². The summed E-state index contributed by atoms with van der Waals surface area (Å²) in [6.07, 6.45) is 0. The number of hydrogen-bond donors (Lipinski definition) is 0. The lowest BCUT2D eigenvalue weighted by atomic mass is 10.0. The largest absolute Gasteiger partial charge is 0.477 e. The standard InChI is InChI=1S/C10H15OP/c1-8(2)9-4-6-10(7-5-9)11-12-3/h4-8,12H,1-3H3. The first kappa shape index (κ1) is 9.54. The average Bonchev–Trinajstić information content (AvgIpc) is 2.06. The van der Waals surface area contributed by atoms with E-state index >= 15 is 0 Å². The molecule has 0 aliphatic rings. The topological polar surface area (TPSA) is 9.23 Å². The van der Waals surface area contributed by atoms with Crippen molar-refractivity contribution in [3.8, 4) is 5.75 Å². The van der Waals surface area contributed by atoms with Gasteiger partial charge in [-0.2, -0.15) is 0 Å². The van der Waals surface area contributed by atoms with E-state index in [4.69, 9.17) is 4.52 Å². The number of rotatable bonds is 3. The van der Waals surface area contributed by atoms with E-state index < -0.39 is 0 Å². The van der Waals surface area contributed by atoms with E-state index in [9.17, 15) is 0 Å². The van der Waals surface area contributed by atoms with E-state index in [1.54, 1.807) is 0 Å². The summed E-state index contributed by atoms with van der Waals surface area (Å²) in [7, 11) is 0.527. The van der Waals surface area contributed by atoms with Crippen molar-refractivity contribution in [2.24, 2.45) is 0 Å². The lowest BCUT2D eigenvalue weighted by Gasteiger charge is -2.06. The fourth-order valence-electron chi connectivity index (χ4n) is 1.04. The van der Waals surface area contributed by atoms with Gasteiger partial charge in [0.1, 0.15) is 5.75 Å². The quantitative estimate of drug-likeness (QED) is 0.651. The Hall–Kier alpha value is -0.550. The second-order valence-corrected chi connectivity index (χ2v) is 3.64. The Morgan fingerprint density at radius 3 is 2.17 bits per heavy atom. The zero-order valence-corrected chi connectivity index (χ0v) is 8.79. The van der Waals surface area contributed by atoms with Crippen molar-refractivity contribution < 1.29 is 4.52 Å². The summed E-state index contributed by atoms with van der Waals surface area (Å²) in [6.45, 7) is 6.41. The summed E-state index contributed by atoms with van der Waals surface area (Å²) in [5.74, 6) is 1.57. The lowest BCUT2D eigenvalue weighted by Crippen LogP contribution is -1.86. The third-order valence-electron chi connectivity index (χ3n) is 1.77. The van der Waals surface area contributed by atoms with Crippen LogP contribution in [0.25, 0.3) is 0 Å². The van der Waals surface area contributed by atoms with Crippen LogP contribution in [0, 0.1) is 0 Å². The molecular weight excluding hydrogens is 167 g/mol. The van der Waals surface area contributed by atoms with Crippen molar-refractivity contribution in [2.45, 2.75) is 19.8 Å². The maximum absolute atomic E-state index is 5.37. The Bertz CT molecular complexity index is 228. The van der Waals surface area contributed by atoms with Crippen molar-refractivity contribution in [3.63, 3.8) is 0 Å². The van der Waals surface area contributed by atoms with Crippen LogP contribution in [0.15, 0.2) is 24.3 Å². The van der Waals surface area contributed by atoms with Crippen molar-refractivity contribution in [1.82, 2.24) is 0 Å². The van der Waals surface area contributed by atoms with Crippen LogP contribution in [0.2, 0.25) is 0 Å². The zero-order chi connectivity index (χ0) is 8.97. The first-order chi connectivity index (χ1) is 5.74. The van der Waals surface area contributed by atoms with Crippen molar-refractivity contribution in [2.75, 3.05) is 6.66 Å². The van der Waals surface area contributed by atoms with E-state index in [1.807, 2.05) is 18.8 Å². The maximum atomic E-state index is 5.37. The second-order valence-electron chi connectivity index (χ2n) is 3.03. The number of hydrogen-bond acceptors (Lipinski definition) is 1. The molecule has 0 radical (unpaired) electrons. The molecular formula is C10H15OP. The molecule has 1 unspecified atom stereocenters. The van der Waals surface area contributed by atoms with Crippen molar-refractivity contribution >= 4 is 8.81 Å². The van der Waals surface area contributed by atoms with Gasteiger partial charge in [-0.3, -0.25) is 0 Å². The van der Waals surface area contributed by atoms with Crippen LogP contribution in [0.5, 0.6) is 5.75 Å². The zero-order valence-electron chi connectivity index (χ0n) is 7.79.